The summed E-state index contributed by atoms with van der Waals surface area (Å²) in [6.07, 6.45) is 0.917. The number of sulfonamides is 1. The Balaban J connectivity index is 2.25. The summed E-state index contributed by atoms with van der Waals surface area (Å²) in [6.45, 7) is 2.05. The molecule has 2 rings (SSSR count). The van der Waals surface area contributed by atoms with Crippen molar-refractivity contribution < 1.29 is 8.42 Å². The molecule has 102 valence electrons. The summed E-state index contributed by atoms with van der Waals surface area (Å²) in [5, 5.41) is 0.395. The zero-order chi connectivity index (χ0) is 14.0. The highest BCUT2D eigenvalue weighted by molar-refractivity contribution is 9.11. The zero-order valence-corrected chi connectivity index (χ0v) is 14.0. The third-order valence-electron chi connectivity index (χ3n) is 2.50. The molecule has 0 saturated heterocycles. The predicted octanol–water partition coefficient (Wildman–Crippen LogP) is 4.53. The van der Waals surface area contributed by atoms with Gasteiger partial charge in [-0.05, 0) is 46.1 Å². The monoisotopic (exact) mass is 379 g/mol. The lowest BCUT2D eigenvalue weighted by molar-refractivity contribution is 0.603. The van der Waals surface area contributed by atoms with Crippen molar-refractivity contribution in [2.75, 3.05) is 4.72 Å². The molecule has 0 aliphatic heterocycles. The molecule has 0 spiro atoms. The van der Waals surface area contributed by atoms with E-state index in [0.717, 1.165) is 23.3 Å². The molecule has 0 aliphatic rings. The van der Waals surface area contributed by atoms with Crippen molar-refractivity contribution in [3.05, 3.63) is 44.7 Å². The molecule has 7 heteroatoms. The van der Waals surface area contributed by atoms with Crippen molar-refractivity contribution in [1.29, 1.82) is 0 Å². The SMILES string of the molecule is CCc1ccc(NS(=O)(=O)c2cc(Cl)c(Br)s2)cc1. The summed E-state index contributed by atoms with van der Waals surface area (Å²) in [4.78, 5) is 0. The smallest absolute Gasteiger partial charge is 0.271 e. The molecule has 0 unspecified atom stereocenters. The first kappa shape index (κ1) is 14.8. The first-order chi connectivity index (χ1) is 8.92. The Bertz CT molecular complexity index is 661. The Labute approximate surface area is 129 Å². The van der Waals surface area contributed by atoms with Gasteiger partial charge in [-0.25, -0.2) is 8.42 Å². The van der Waals surface area contributed by atoms with E-state index >= 15 is 0 Å². The van der Waals surface area contributed by atoms with Crippen LogP contribution < -0.4 is 4.72 Å². The number of hydrogen-bond donors (Lipinski definition) is 1. The lowest BCUT2D eigenvalue weighted by Crippen LogP contribution is -2.11. The average Bonchev–Trinajstić information content (AvgIpc) is 2.71. The number of benzene rings is 1. The number of halogens is 2. The molecule has 0 saturated carbocycles. The molecule has 2 aromatic rings. The molecule has 0 bridgehead atoms. The minimum Gasteiger partial charge on any atom is -0.279 e. The van der Waals surface area contributed by atoms with Crippen molar-refractivity contribution in [3.63, 3.8) is 0 Å². The van der Waals surface area contributed by atoms with Gasteiger partial charge in [-0.3, -0.25) is 4.72 Å². The van der Waals surface area contributed by atoms with E-state index in [0.29, 0.717) is 14.5 Å². The van der Waals surface area contributed by atoms with Crippen LogP contribution in [0, 0.1) is 0 Å². The molecule has 0 amide bonds. The van der Waals surface area contributed by atoms with Gasteiger partial charge in [0.25, 0.3) is 10.0 Å². The summed E-state index contributed by atoms with van der Waals surface area (Å²) >= 11 is 10.1. The second-order valence-corrected chi connectivity index (χ2v) is 8.53. The predicted molar refractivity (Wildman–Crippen MR) is 83.7 cm³/mol. The van der Waals surface area contributed by atoms with Gasteiger partial charge >= 0.3 is 0 Å². The van der Waals surface area contributed by atoms with Crippen molar-refractivity contribution in [2.24, 2.45) is 0 Å². The summed E-state index contributed by atoms with van der Waals surface area (Å²) in [5.41, 5.74) is 1.70. The molecule has 0 aliphatic carbocycles. The first-order valence-corrected chi connectivity index (χ1v) is 8.96. The third-order valence-corrected chi connectivity index (χ3v) is 6.83. The Morgan fingerprint density at radius 1 is 1.32 bits per heavy atom. The van der Waals surface area contributed by atoms with E-state index in [-0.39, 0.29) is 4.21 Å². The van der Waals surface area contributed by atoms with Crippen molar-refractivity contribution in [3.8, 4) is 0 Å². The van der Waals surface area contributed by atoms with Crippen molar-refractivity contribution in [2.45, 2.75) is 17.6 Å². The summed E-state index contributed by atoms with van der Waals surface area (Å²) in [6, 6.07) is 8.73. The molecule has 0 fully saturated rings. The van der Waals surface area contributed by atoms with Gasteiger partial charge in [-0.1, -0.05) is 30.7 Å². The second-order valence-electron chi connectivity index (χ2n) is 3.84. The number of thiophene rings is 1. The van der Waals surface area contributed by atoms with Crippen LogP contribution in [-0.2, 0) is 16.4 Å². The van der Waals surface area contributed by atoms with E-state index in [1.54, 1.807) is 12.1 Å². The molecule has 1 heterocycles. The molecule has 0 atom stereocenters. The average molecular weight is 381 g/mol. The molecule has 1 aromatic carbocycles. The summed E-state index contributed by atoms with van der Waals surface area (Å²) < 4.78 is 27.6. The lowest BCUT2D eigenvalue weighted by Gasteiger charge is -2.06. The van der Waals surface area contributed by atoms with Crippen LogP contribution in [0.2, 0.25) is 5.02 Å². The molecular weight excluding hydrogens is 370 g/mol. The van der Waals surface area contributed by atoms with E-state index in [4.69, 9.17) is 11.6 Å². The Morgan fingerprint density at radius 2 is 1.95 bits per heavy atom. The van der Waals surface area contributed by atoms with Gasteiger partial charge in [-0.15, -0.1) is 11.3 Å². The molecular formula is C12H11BrClNO2S2. The minimum absolute atomic E-state index is 0.184. The fraction of sp³-hybridized carbons (Fsp3) is 0.167. The normalized spacial score (nSPS) is 11.5. The molecule has 0 radical (unpaired) electrons. The summed E-state index contributed by atoms with van der Waals surface area (Å²) in [7, 11) is -3.58. The highest BCUT2D eigenvalue weighted by atomic mass is 79.9. The number of nitrogens with one attached hydrogen (secondary N) is 1. The zero-order valence-electron chi connectivity index (χ0n) is 9.98. The molecule has 3 nitrogen and oxygen atoms in total. The van der Waals surface area contributed by atoms with E-state index < -0.39 is 10.0 Å². The maximum absolute atomic E-state index is 12.1. The van der Waals surface area contributed by atoms with E-state index in [1.807, 2.05) is 19.1 Å². The fourth-order valence-electron chi connectivity index (χ4n) is 1.47. The quantitative estimate of drug-likeness (QED) is 0.847. The standard InChI is InChI=1S/C12H11BrClNO2S2/c1-2-8-3-5-9(6-4-8)15-19(16,17)11-7-10(14)12(13)18-11/h3-7,15H,2H2,1H3. The second kappa shape index (κ2) is 5.83. The van der Waals surface area contributed by atoms with Gasteiger partial charge in [0.2, 0.25) is 0 Å². The van der Waals surface area contributed by atoms with Crippen LogP contribution in [0.25, 0.3) is 0 Å². The van der Waals surface area contributed by atoms with Crippen LogP contribution in [0.1, 0.15) is 12.5 Å². The summed E-state index contributed by atoms with van der Waals surface area (Å²) in [5.74, 6) is 0. The number of aryl methyl sites for hydroxylation is 1. The van der Waals surface area contributed by atoms with Crippen molar-refractivity contribution >= 4 is 54.6 Å². The van der Waals surface area contributed by atoms with E-state index in [9.17, 15) is 8.42 Å². The van der Waals surface area contributed by atoms with Crippen LogP contribution in [0.15, 0.2) is 38.3 Å². The van der Waals surface area contributed by atoms with Crippen LogP contribution in [0.3, 0.4) is 0 Å². The Hall–Kier alpha value is -0.560. The van der Waals surface area contributed by atoms with Crippen LogP contribution >= 0.6 is 38.9 Å². The Morgan fingerprint density at radius 3 is 2.42 bits per heavy atom. The number of hydrogen-bond acceptors (Lipinski definition) is 3. The molecule has 1 aromatic heterocycles. The van der Waals surface area contributed by atoms with Gasteiger partial charge in [0.05, 0.1) is 8.81 Å². The number of anilines is 1. The Kier molecular flexibility index (Phi) is 4.55. The van der Waals surface area contributed by atoms with E-state index in [1.165, 1.54) is 6.07 Å². The maximum atomic E-state index is 12.1. The molecule has 1 N–H and O–H groups in total. The van der Waals surface area contributed by atoms with E-state index in [2.05, 4.69) is 20.7 Å². The van der Waals surface area contributed by atoms with Gasteiger partial charge in [0.1, 0.15) is 4.21 Å². The van der Waals surface area contributed by atoms with Crippen LogP contribution in [0.5, 0.6) is 0 Å². The maximum Gasteiger partial charge on any atom is 0.271 e. The van der Waals surface area contributed by atoms with Gasteiger partial charge in [0.15, 0.2) is 0 Å². The third kappa shape index (κ3) is 3.51. The van der Waals surface area contributed by atoms with Gasteiger partial charge < -0.3 is 0 Å². The highest BCUT2D eigenvalue weighted by Crippen LogP contribution is 2.35. The first-order valence-electron chi connectivity index (χ1n) is 5.49. The minimum atomic E-state index is -3.58. The topological polar surface area (TPSA) is 46.2 Å². The van der Waals surface area contributed by atoms with Gasteiger partial charge in [0, 0.05) is 5.69 Å². The molecule has 19 heavy (non-hydrogen) atoms. The van der Waals surface area contributed by atoms with Crippen molar-refractivity contribution in [1.82, 2.24) is 0 Å². The van der Waals surface area contributed by atoms with Crippen LogP contribution in [0.4, 0.5) is 5.69 Å². The fourth-order valence-corrected chi connectivity index (χ4v) is 4.93. The van der Waals surface area contributed by atoms with Gasteiger partial charge in [-0.2, -0.15) is 0 Å². The number of rotatable bonds is 4. The van der Waals surface area contributed by atoms with Crippen LogP contribution in [-0.4, -0.2) is 8.42 Å². The largest absolute Gasteiger partial charge is 0.279 e. The lowest BCUT2D eigenvalue weighted by atomic mass is 10.2. The highest BCUT2D eigenvalue weighted by Gasteiger charge is 2.19.